The van der Waals surface area contributed by atoms with Crippen LogP contribution in [0, 0.1) is 5.41 Å². The van der Waals surface area contributed by atoms with Crippen LogP contribution in [0.15, 0.2) is 0 Å². The van der Waals surface area contributed by atoms with Crippen LogP contribution in [0.4, 0.5) is 0 Å². The summed E-state index contributed by atoms with van der Waals surface area (Å²) in [6.07, 6.45) is 0. The minimum atomic E-state index is 0.543. The quantitative estimate of drug-likeness (QED) is 0.311. The molecule has 0 aromatic rings. The molecule has 0 heterocycles. The zero-order valence-electron chi connectivity index (χ0n) is 5.03. The lowest BCUT2D eigenvalue weighted by Gasteiger charge is -2.06. The van der Waals surface area contributed by atoms with Crippen LogP contribution < -0.4 is 5.32 Å². The van der Waals surface area contributed by atoms with Gasteiger partial charge in [0, 0.05) is 29.9 Å². The predicted molar refractivity (Wildman–Crippen MR) is 43.4 cm³/mol. The molecule has 0 bridgehead atoms. The summed E-state index contributed by atoms with van der Waals surface area (Å²) in [4.78, 5) is 0. The highest BCUT2D eigenvalue weighted by Gasteiger charge is 1.93. The minimum Gasteiger partial charge on any atom is -0.376 e. The Hall–Kier alpha value is 0.160. The predicted octanol–water partition coefficient (Wildman–Crippen LogP) is 0.465. The Morgan fingerprint density at radius 2 is 2.38 bits per heavy atom. The maximum absolute atomic E-state index is 7.11. The van der Waals surface area contributed by atoms with Crippen molar-refractivity contribution in [3.8, 4) is 0 Å². The minimum absolute atomic E-state index is 0.543. The van der Waals surface area contributed by atoms with E-state index in [2.05, 4.69) is 28.2 Å². The maximum Gasteiger partial charge on any atom is 0.108 e. The number of hydrogen-bond acceptors (Lipinski definition) is 2. The van der Waals surface area contributed by atoms with Crippen molar-refractivity contribution in [2.24, 2.45) is 0 Å². The first kappa shape index (κ1) is 8.16. The fourth-order valence-electron chi connectivity index (χ4n) is 0.297. The van der Waals surface area contributed by atoms with Crippen LogP contribution in [0.1, 0.15) is 0 Å². The normalized spacial score (nSPS) is 9.50. The molecule has 0 saturated carbocycles. The number of amidine groups is 1. The van der Waals surface area contributed by atoms with E-state index in [-0.39, 0.29) is 0 Å². The van der Waals surface area contributed by atoms with Gasteiger partial charge in [-0.15, -0.1) is 0 Å². The molecule has 0 fully saturated rings. The zero-order valence-corrected chi connectivity index (χ0v) is 7.19. The molecule has 0 amide bonds. The number of nitrogens with zero attached hydrogens (tertiary/aromatic N) is 1. The fraction of sp³-hybridized carbons (Fsp3) is 0.750. The van der Waals surface area contributed by atoms with E-state index in [0.717, 1.165) is 0 Å². The first-order chi connectivity index (χ1) is 3.66. The van der Waals surface area contributed by atoms with Crippen LogP contribution in [0.3, 0.4) is 0 Å². The molecule has 0 aliphatic carbocycles. The summed E-state index contributed by atoms with van der Waals surface area (Å²) in [5, 5.41) is 9.84. The van der Waals surface area contributed by atoms with Gasteiger partial charge in [0.25, 0.3) is 0 Å². The summed E-state index contributed by atoms with van der Waals surface area (Å²) >= 11 is 2.13. The molecule has 0 aromatic heterocycles. The lowest BCUT2D eigenvalue weighted by Crippen LogP contribution is -2.26. The van der Waals surface area contributed by atoms with Crippen molar-refractivity contribution in [3.63, 3.8) is 0 Å². The fourth-order valence-corrected chi connectivity index (χ4v) is 0.638. The van der Waals surface area contributed by atoms with Gasteiger partial charge in [-0.25, -0.2) is 3.11 Å². The molecule has 0 unspecified atom stereocenters. The van der Waals surface area contributed by atoms with Crippen molar-refractivity contribution in [1.82, 2.24) is 8.43 Å². The van der Waals surface area contributed by atoms with E-state index < -0.39 is 0 Å². The van der Waals surface area contributed by atoms with Crippen LogP contribution in [0.5, 0.6) is 0 Å². The van der Waals surface area contributed by atoms with Crippen LogP contribution >= 0.6 is 22.9 Å². The van der Waals surface area contributed by atoms with Gasteiger partial charge in [-0.1, -0.05) is 0 Å². The Balaban J connectivity index is 3.25. The number of likely N-dealkylation sites (N-methyl/N-ethyl adjacent to an activating group) is 2. The summed E-state index contributed by atoms with van der Waals surface area (Å²) < 4.78 is 1.91. The summed E-state index contributed by atoms with van der Waals surface area (Å²) in [5.74, 6) is 0.543. The van der Waals surface area contributed by atoms with Crippen molar-refractivity contribution >= 4 is 28.7 Å². The molecule has 0 aliphatic heterocycles. The average Bonchev–Trinajstić information content (AvgIpc) is 1.65. The summed E-state index contributed by atoms with van der Waals surface area (Å²) in [6, 6.07) is 0. The van der Waals surface area contributed by atoms with Crippen molar-refractivity contribution in [3.05, 3.63) is 0 Å². The van der Waals surface area contributed by atoms with E-state index in [1.54, 1.807) is 7.05 Å². The van der Waals surface area contributed by atoms with Crippen LogP contribution in [-0.4, -0.2) is 29.6 Å². The Bertz CT molecular complexity index is 81.4. The largest absolute Gasteiger partial charge is 0.376 e. The Kier molecular flexibility index (Phi) is 4.16. The first-order valence-corrected chi connectivity index (χ1v) is 3.25. The molecule has 8 heavy (non-hydrogen) atoms. The third kappa shape index (κ3) is 4.32. The summed E-state index contributed by atoms with van der Waals surface area (Å²) in [5.41, 5.74) is 0. The van der Waals surface area contributed by atoms with E-state index in [0.29, 0.717) is 12.4 Å². The highest BCUT2D eigenvalue weighted by atomic mass is 127. The first-order valence-electron chi connectivity index (χ1n) is 2.29. The van der Waals surface area contributed by atoms with Gasteiger partial charge in [0.05, 0.1) is 6.54 Å². The highest BCUT2D eigenvalue weighted by molar-refractivity contribution is 14.1. The lowest BCUT2D eigenvalue weighted by molar-refractivity contribution is 0.694. The molecule has 0 spiro atoms. The lowest BCUT2D eigenvalue weighted by atomic mass is 10.6. The van der Waals surface area contributed by atoms with Crippen LogP contribution in [0.25, 0.3) is 0 Å². The second-order valence-corrected chi connectivity index (χ2v) is 3.14. The van der Waals surface area contributed by atoms with Crippen molar-refractivity contribution in [2.45, 2.75) is 0 Å². The van der Waals surface area contributed by atoms with E-state index in [1.165, 1.54) is 0 Å². The van der Waals surface area contributed by atoms with Gasteiger partial charge in [-0.3, -0.25) is 5.41 Å². The monoisotopic (exact) mass is 227 g/mol. The summed E-state index contributed by atoms with van der Waals surface area (Å²) in [6.45, 7) is 0.678. The van der Waals surface area contributed by atoms with Crippen LogP contribution in [-0.2, 0) is 0 Å². The van der Waals surface area contributed by atoms with E-state index >= 15 is 0 Å². The van der Waals surface area contributed by atoms with Gasteiger partial charge in [-0.05, 0) is 7.05 Å². The van der Waals surface area contributed by atoms with Gasteiger partial charge in [0.15, 0.2) is 0 Å². The maximum atomic E-state index is 7.11. The third-order valence-corrected chi connectivity index (χ3v) is 1.02. The third-order valence-electron chi connectivity index (χ3n) is 0.678. The SMILES string of the molecule is CNC(=N)CN(C)I. The van der Waals surface area contributed by atoms with Gasteiger partial charge in [0.2, 0.25) is 0 Å². The molecule has 2 N–H and O–H groups in total. The molecule has 48 valence electrons. The molecule has 0 atom stereocenters. The Labute approximate surface area is 63.4 Å². The molecule has 0 aromatic carbocycles. The standard InChI is InChI=1S/C4H10IN3/c1-7-4(6)3-8(2)5/h3H2,1-2H3,(H2,6,7). The van der Waals surface area contributed by atoms with Crippen molar-refractivity contribution in [2.75, 3.05) is 20.6 Å². The number of hydrogen-bond donors (Lipinski definition) is 2. The topological polar surface area (TPSA) is 39.1 Å². The zero-order chi connectivity index (χ0) is 6.57. The molecule has 0 aliphatic rings. The molecule has 0 radical (unpaired) electrons. The van der Waals surface area contributed by atoms with Gasteiger partial charge in [-0.2, -0.15) is 0 Å². The van der Waals surface area contributed by atoms with Crippen molar-refractivity contribution < 1.29 is 0 Å². The Morgan fingerprint density at radius 3 is 2.50 bits per heavy atom. The van der Waals surface area contributed by atoms with Gasteiger partial charge >= 0.3 is 0 Å². The number of halogens is 1. The smallest absolute Gasteiger partial charge is 0.108 e. The van der Waals surface area contributed by atoms with Crippen molar-refractivity contribution in [1.29, 1.82) is 5.41 Å². The van der Waals surface area contributed by atoms with E-state index in [4.69, 9.17) is 5.41 Å². The Morgan fingerprint density at radius 1 is 1.88 bits per heavy atom. The molecule has 0 rings (SSSR count). The summed E-state index contributed by atoms with van der Waals surface area (Å²) in [7, 11) is 3.68. The second kappa shape index (κ2) is 4.08. The van der Waals surface area contributed by atoms with Crippen LogP contribution in [0.2, 0.25) is 0 Å². The highest BCUT2D eigenvalue weighted by Crippen LogP contribution is 1.89. The van der Waals surface area contributed by atoms with E-state index in [1.807, 2.05) is 10.2 Å². The van der Waals surface area contributed by atoms with E-state index in [9.17, 15) is 0 Å². The number of nitrogens with one attached hydrogen (secondary N) is 2. The molecule has 4 heteroatoms. The van der Waals surface area contributed by atoms with Gasteiger partial charge < -0.3 is 5.32 Å². The molecular weight excluding hydrogens is 217 g/mol. The second-order valence-electron chi connectivity index (χ2n) is 1.49. The molecule has 0 saturated heterocycles. The average molecular weight is 227 g/mol. The number of rotatable bonds is 2. The molecular formula is C4H10IN3. The van der Waals surface area contributed by atoms with Gasteiger partial charge in [0.1, 0.15) is 5.84 Å². The molecule has 3 nitrogen and oxygen atoms in total.